The van der Waals surface area contributed by atoms with Crippen molar-refractivity contribution in [1.82, 2.24) is 0 Å². The molecular formula is C12H16F2O. The van der Waals surface area contributed by atoms with Crippen LogP contribution in [0.25, 0.3) is 0 Å². The Labute approximate surface area is 89.1 Å². The van der Waals surface area contributed by atoms with Crippen molar-refractivity contribution in [2.45, 2.75) is 32.6 Å². The largest absolute Gasteiger partial charge is 0.496 e. The van der Waals surface area contributed by atoms with Crippen LogP contribution < -0.4 is 4.74 Å². The highest BCUT2D eigenvalue weighted by atomic mass is 19.3. The molecule has 0 N–H and O–H groups in total. The molecule has 0 bridgehead atoms. The predicted octanol–water partition coefficient (Wildman–Crippen LogP) is 3.93. The minimum absolute atomic E-state index is 0.0423. The van der Waals surface area contributed by atoms with Crippen molar-refractivity contribution >= 4 is 0 Å². The van der Waals surface area contributed by atoms with Crippen molar-refractivity contribution < 1.29 is 13.5 Å². The average Bonchev–Trinajstić information content (AvgIpc) is 2.15. The standard InChI is InChI=1S/C12H16F2O/c1-12(2,3)9-7-8(11(13)14)5-6-10(9)15-4/h5-7,11H,1-4H3. The number of methoxy groups -OCH3 is 1. The van der Waals surface area contributed by atoms with E-state index >= 15 is 0 Å². The third-order valence-electron chi connectivity index (χ3n) is 2.28. The van der Waals surface area contributed by atoms with Gasteiger partial charge in [0.05, 0.1) is 7.11 Å². The molecule has 3 heteroatoms. The number of benzene rings is 1. The lowest BCUT2D eigenvalue weighted by Crippen LogP contribution is -2.13. The van der Waals surface area contributed by atoms with Crippen LogP contribution in [0.15, 0.2) is 18.2 Å². The molecule has 0 aliphatic rings. The molecule has 0 aliphatic heterocycles. The highest BCUT2D eigenvalue weighted by molar-refractivity contribution is 5.41. The first-order valence-electron chi connectivity index (χ1n) is 4.83. The molecule has 1 rings (SSSR count). The summed E-state index contributed by atoms with van der Waals surface area (Å²) in [4.78, 5) is 0. The van der Waals surface area contributed by atoms with Gasteiger partial charge in [-0.25, -0.2) is 8.78 Å². The molecular weight excluding hydrogens is 198 g/mol. The first-order chi connectivity index (χ1) is 6.86. The zero-order valence-corrected chi connectivity index (χ0v) is 9.47. The number of hydrogen-bond donors (Lipinski definition) is 0. The van der Waals surface area contributed by atoms with Gasteiger partial charge in [0.25, 0.3) is 6.43 Å². The van der Waals surface area contributed by atoms with E-state index in [0.29, 0.717) is 5.75 Å². The molecule has 0 saturated carbocycles. The summed E-state index contributed by atoms with van der Waals surface area (Å²) in [5, 5.41) is 0. The smallest absolute Gasteiger partial charge is 0.263 e. The van der Waals surface area contributed by atoms with Gasteiger partial charge in [0, 0.05) is 5.56 Å². The Bertz CT molecular complexity index is 340. The van der Waals surface area contributed by atoms with Crippen LogP contribution in [0.1, 0.15) is 38.3 Å². The predicted molar refractivity (Wildman–Crippen MR) is 56.7 cm³/mol. The second kappa shape index (κ2) is 4.17. The molecule has 0 saturated heterocycles. The van der Waals surface area contributed by atoms with Crippen molar-refractivity contribution in [3.05, 3.63) is 29.3 Å². The Morgan fingerprint density at radius 1 is 1.20 bits per heavy atom. The van der Waals surface area contributed by atoms with Crippen molar-refractivity contribution in [1.29, 1.82) is 0 Å². The Morgan fingerprint density at radius 3 is 2.20 bits per heavy atom. The summed E-state index contributed by atoms with van der Waals surface area (Å²) in [5.41, 5.74) is 0.652. The van der Waals surface area contributed by atoms with E-state index in [2.05, 4.69) is 0 Å². The molecule has 0 aliphatic carbocycles. The van der Waals surface area contributed by atoms with Gasteiger partial charge >= 0.3 is 0 Å². The Kier molecular flexibility index (Phi) is 3.32. The van der Waals surface area contributed by atoms with Crippen LogP contribution in [0.4, 0.5) is 8.78 Å². The van der Waals surface area contributed by atoms with Gasteiger partial charge in [0.15, 0.2) is 0 Å². The minimum atomic E-state index is -2.43. The summed E-state index contributed by atoms with van der Waals surface area (Å²) in [7, 11) is 1.55. The molecule has 0 fully saturated rings. The highest BCUT2D eigenvalue weighted by Crippen LogP contribution is 2.34. The third-order valence-corrected chi connectivity index (χ3v) is 2.28. The maximum Gasteiger partial charge on any atom is 0.263 e. The molecule has 15 heavy (non-hydrogen) atoms. The maximum absolute atomic E-state index is 12.5. The van der Waals surface area contributed by atoms with Crippen LogP contribution in [0.2, 0.25) is 0 Å². The fraction of sp³-hybridized carbons (Fsp3) is 0.500. The SMILES string of the molecule is COc1ccc(C(F)F)cc1C(C)(C)C. The molecule has 0 heterocycles. The van der Waals surface area contributed by atoms with Gasteiger partial charge in [-0.05, 0) is 29.2 Å². The molecule has 0 atom stereocenters. The van der Waals surface area contributed by atoms with Gasteiger partial charge in [0.1, 0.15) is 5.75 Å². The molecule has 0 amide bonds. The quantitative estimate of drug-likeness (QED) is 0.724. The highest BCUT2D eigenvalue weighted by Gasteiger charge is 2.20. The Morgan fingerprint density at radius 2 is 1.80 bits per heavy atom. The van der Waals surface area contributed by atoms with Crippen molar-refractivity contribution in [2.75, 3.05) is 7.11 Å². The molecule has 0 radical (unpaired) electrons. The summed E-state index contributed by atoms with van der Waals surface area (Å²) in [6, 6.07) is 4.52. The Hall–Kier alpha value is -1.12. The lowest BCUT2D eigenvalue weighted by atomic mass is 9.85. The molecule has 84 valence electrons. The molecule has 1 aromatic rings. The summed E-state index contributed by atoms with van der Waals surface area (Å²) in [6.45, 7) is 5.92. The minimum Gasteiger partial charge on any atom is -0.496 e. The van der Waals surface area contributed by atoms with Crippen molar-refractivity contribution in [2.24, 2.45) is 0 Å². The van der Waals surface area contributed by atoms with Crippen LogP contribution >= 0.6 is 0 Å². The van der Waals surface area contributed by atoms with Gasteiger partial charge in [0.2, 0.25) is 0 Å². The van der Waals surface area contributed by atoms with Gasteiger partial charge in [-0.3, -0.25) is 0 Å². The molecule has 0 aromatic heterocycles. The van der Waals surface area contributed by atoms with E-state index in [9.17, 15) is 8.78 Å². The first kappa shape index (κ1) is 12.0. The van der Waals surface area contributed by atoms with Gasteiger partial charge in [-0.2, -0.15) is 0 Å². The number of alkyl halides is 2. The third kappa shape index (κ3) is 2.67. The number of rotatable bonds is 2. The molecule has 1 aromatic carbocycles. The maximum atomic E-state index is 12.5. The molecule has 0 spiro atoms. The molecule has 1 nitrogen and oxygen atoms in total. The monoisotopic (exact) mass is 214 g/mol. The van der Waals surface area contributed by atoms with Crippen LogP contribution in [0.5, 0.6) is 5.75 Å². The van der Waals surface area contributed by atoms with Crippen LogP contribution in [0, 0.1) is 0 Å². The fourth-order valence-electron chi connectivity index (χ4n) is 1.45. The van der Waals surface area contributed by atoms with Crippen LogP contribution in [0.3, 0.4) is 0 Å². The first-order valence-corrected chi connectivity index (χ1v) is 4.83. The van der Waals surface area contributed by atoms with Gasteiger partial charge in [-0.1, -0.05) is 20.8 Å². The lowest BCUT2D eigenvalue weighted by Gasteiger charge is -2.22. The van der Waals surface area contributed by atoms with E-state index in [4.69, 9.17) is 4.74 Å². The second-order valence-electron chi connectivity index (χ2n) is 4.51. The van der Waals surface area contributed by atoms with E-state index in [1.54, 1.807) is 13.2 Å². The van der Waals surface area contributed by atoms with Gasteiger partial charge in [-0.15, -0.1) is 0 Å². The average molecular weight is 214 g/mol. The van der Waals surface area contributed by atoms with E-state index < -0.39 is 6.43 Å². The topological polar surface area (TPSA) is 9.23 Å². The zero-order valence-electron chi connectivity index (χ0n) is 9.47. The van der Waals surface area contributed by atoms with Gasteiger partial charge < -0.3 is 4.74 Å². The number of hydrogen-bond acceptors (Lipinski definition) is 1. The van der Waals surface area contributed by atoms with Crippen LogP contribution in [-0.4, -0.2) is 7.11 Å². The van der Waals surface area contributed by atoms with E-state index in [0.717, 1.165) is 5.56 Å². The van der Waals surface area contributed by atoms with Crippen molar-refractivity contribution in [3.8, 4) is 5.75 Å². The lowest BCUT2D eigenvalue weighted by molar-refractivity contribution is 0.151. The number of halogens is 2. The molecule has 0 unspecified atom stereocenters. The number of ether oxygens (including phenoxy) is 1. The second-order valence-corrected chi connectivity index (χ2v) is 4.51. The van der Waals surface area contributed by atoms with Crippen molar-refractivity contribution in [3.63, 3.8) is 0 Å². The summed E-state index contributed by atoms with van der Waals surface area (Å²) in [6.07, 6.45) is -2.43. The van der Waals surface area contributed by atoms with E-state index in [1.807, 2.05) is 20.8 Å². The zero-order chi connectivity index (χ0) is 11.6. The van der Waals surface area contributed by atoms with Crippen LogP contribution in [-0.2, 0) is 5.41 Å². The fourth-order valence-corrected chi connectivity index (χ4v) is 1.45. The van der Waals surface area contributed by atoms with E-state index in [-0.39, 0.29) is 11.0 Å². The van der Waals surface area contributed by atoms with E-state index in [1.165, 1.54) is 12.1 Å². The summed E-state index contributed by atoms with van der Waals surface area (Å²) < 4.78 is 30.2. The Balaban J connectivity index is 3.26. The summed E-state index contributed by atoms with van der Waals surface area (Å²) in [5.74, 6) is 0.659. The normalized spacial score (nSPS) is 11.9. The summed E-state index contributed by atoms with van der Waals surface area (Å²) >= 11 is 0.